The van der Waals surface area contributed by atoms with Crippen molar-refractivity contribution < 1.29 is 23.9 Å². The normalized spacial score (nSPS) is 13.3. The first-order valence-electron chi connectivity index (χ1n) is 10.5. The van der Waals surface area contributed by atoms with Crippen LogP contribution in [0.3, 0.4) is 0 Å². The molecule has 0 saturated carbocycles. The number of imide groups is 1. The van der Waals surface area contributed by atoms with Crippen molar-refractivity contribution in [2.75, 3.05) is 22.1 Å². The number of esters is 1. The summed E-state index contributed by atoms with van der Waals surface area (Å²) in [6, 6.07) is 12.5. The molecule has 2 aromatic carbocycles. The Morgan fingerprint density at radius 2 is 1.91 bits per heavy atom. The average molecular weight is 511 g/mol. The average Bonchev–Trinajstić information content (AvgIpc) is 3.45. The molecule has 0 fully saturated rings. The third kappa shape index (κ3) is 5.08. The van der Waals surface area contributed by atoms with E-state index in [1.54, 1.807) is 41.9 Å². The van der Waals surface area contributed by atoms with Gasteiger partial charge in [-0.15, -0.1) is 11.3 Å². The van der Waals surface area contributed by atoms with E-state index in [4.69, 9.17) is 16.3 Å². The number of benzene rings is 2. The monoisotopic (exact) mass is 510 g/mol. The number of ether oxygens (including phenoxy) is 1. The molecule has 0 atom stereocenters. The number of carbonyl (C=O) groups excluding carboxylic acids is 4. The smallest absolute Gasteiger partial charge is 0.340 e. The Kier molecular flexibility index (Phi) is 7.23. The zero-order chi connectivity index (χ0) is 24.9. The lowest BCUT2D eigenvalue weighted by Gasteiger charge is -2.18. The molecule has 178 valence electrons. The Balaban J connectivity index is 1.57. The van der Waals surface area contributed by atoms with E-state index in [2.05, 4.69) is 15.6 Å². The van der Waals surface area contributed by atoms with Gasteiger partial charge >= 0.3 is 5.97 Å². The molecule has 3 aromatic rings. The van der Waals surface area contributed by atoms with Gasteiger partial charge in [-0.05, 0) is 36.8 Å². The number of amides is 3. The predicted molar refractivity (Wildman–Crippen MR) is 133 cm³/mol. The fraction of sp³-hybridized carbons (Fsp3) is 0.125. The van der Waals surface area contributed by atoms with Crippen LogP contribution >= 0.6 is 22.9 Å². The van der Waals surface area contributed by atoms with Crippen molar-refractivity contribution in [1.29, 1.82) is 0 Å². The van der Waals surface area contributed by atoms with Gasteiger partial charge in [0, 0.05) is 22.8 Å². The molecule has 1 aromatic heterocycles. The quantitative estimate of drug-likeness (QED) is 0.340. The first kappa shape index (κ1) is 24.1. The minimum Gasteiger partial charge on any atom is -0.462 e. The molecule has 2 heterocycles. The molecule has 35 heavy (non-hydrogen) atoms. The molecule has 2 N–H and O–H groups in total. The van der Waals surface area contributed by atoms with Crippen LogP contribution in [0.1, 0.15) is 34.1 Å². The number of hydrogen-bond acceptors (Lipinski definition) is 8. The van der Waals surface area contributed by atoms with Crippen molar-refractivity contribution in [3.05, 3.63) is 82.0 Å². The molecule has 3 amide bonds. The highest BCUT2D eigenvalue weighted by atomic mass is 35.5. The SMILES string of the molecule is CCCOC(=O)c1ccccc1N1C(=O)C(Cl)=C(Nc2cccc(C(=O)Nc3nccs3)c2)C1=O. The molecule has 0 saturated heterocycles. The first-order chi connectivity index (χ1) is 16.9. The molecular weight excluding hydrogens is 492 g/mol. The van der Waals surface area contributed by atoms with Crippen LogP contribution in [0.4, 0.5) is 16.5 Å². The van der Waals surface area contributed by atoms with Crippen LogP contribution in [0, 0.1) is 0 Å². The number of hydrogen-bond donors (Lipinski definition) is 2. The van der Waals surface area contributed by atoms with Crippen LogP contribution in [-0.4, -0.2) is 35.3 Å². The third-order valence-electron chi connectivity index (χ3n) is 4.88. The Morgan fingerprint density at radius 3 is 2.66 bits per heavy atom. The van der Waals surface area contributed by atoms with Crippen LogP contribution in [0.2, 0.25) is 0 Å². The number of thiazole rings is 1. The van der Waals surface area contributed by atoms with E-state index in [1.165, 1.54) is 29.5 Å². The van der Waals surface area contributed by atoms with E-state index in [9.17, 15) is 19.2 Å². The van der Waals surface area contributed by atoms with E-state index in [0.717, 1.165) is 4.90 Å². The highest BCUT2D eigenvalue weighted by Crippen LogP contribution is 2.32. The highest BCUT2D eigenvalue weighted by molar-refractivity contribution is 7.13. The highest BCUT2D eigenvalue weighted by Gasteiger charge is 2.40. The van der Waals surface area contributed by atoms with Crippen LogP contribution < -0.4 is 15.5 Å². The predicted octanol–water partition coefficient (Wildman–Crippen LogP) is 4.40. The zero-order valence-electron chi connectivity index (χ0n) is 18.4. The third-order valence-corrected chi connectivity index (χ3v) is 5.92. The van der Waals surface area contributed by atoms with Gasteiger partial charge in [0.05, 0.1) is 17.9 Å². The number of nitrogens with one attached hydrogen (secondary N) is 2. The van der Waals surface area contributed by atoms with Crippen molar-refractivity contribution in [1.82, 2.24) is 4.98 Å². The largest absolute Gasteiger partial charge is 0.462 e. The van der Waals surface area contributed by atoms with Gasteiger partial charge in [0.25, 0.3) is 17.7 Å². The summed E-state index contributed by atoms with van der Waals surface area (Å²) in [6.07, 6.45) is 2.20. The molecule has 1 aliphatic heterocycles. The van der Waals surface area contributed by atoms with Gasteiger partial charge in [0.2, 0.25) is 0 Å². The van der Waals surface area contributed by atoms with E-state index in [0.29, 0.717) is 22.8 Å². The van der Waals surface area contributed by atoms with Gasteiger partial charge in [0.15, 0.2) is 5.13 Å². The topological polar surface area (TPSA) is 118 Å². The first-order valence-corrected chi connectivity index (χ1v) is 11.8. The van der Waals surface area contributed by atoms with Crippen LogP contribution in [0.25, 0.3) is 0 Å². The standard InChI is InChI=1S/C24H19ClN4O5S/c1-2-11-34-23(33)16-8-3-4-9-17(16)29-21(31)18(25)19(22(29)32)27-15-7-5-6-14(13-15)20(30)28-24-26-10-12-35-24/h3-10,12-13,27H,2,11H2,1H3,(H,26,28,30). The van der Waals surface area contributed by atoms with E-state index < -0.39 is 23.7 Å². The molecule has 0 aliphatic carbocycles. The lowest BCUT2D eigenvalue weighted by Crippen LogP contribution is -2.33. The second-order valence-corrected chi connectivity index (χ2v) is 8.56. The summed E-state index contributed by atoms with van der Waals surface area (Å²) in [6.45, 7) is 2.05. The number of nitrogens with zero attached hydrogens (tertiary/aromatic N) is 2. The van der Waals surface area contributed by atoms with E-state index in [-0.39, 0.29) is 28.6 Å². The Hall–Kier alpha value is -4.02. The van der Waals surface area contributed by atoms with Gasteiger partial charge < -0.3 is 10.1 Å². The molecule has 11 heteroatoms. The van der Waals surface area contributed by atoms with Crippen LogP contribution in [0.15, 0.2) is 70.8 Å². The van der Waals surface area contributed by atoms with E-state index in [1.807, 2.05) is 6.92 Å². The molecule has 0 radical (unpaired) electrons. The van der Waals surface area contributed by atoms with Crippen molar-refractivity contribution in [2.24, 2.45) is 0 Å². The molecule has 0 bridgehead atoms. The molecular formula is C24H19ClN4O5S. The maximum atomic E-state index is 13.2. The Labute approximate surface area is 209 Å². The Morgan fingerprint density at radius 1 is 1.11 bits per heavy atom. The minimum absolute atomic E-state index is 0.0641. The fourth-order valence-electron chi connectivity index (χ4n) is 3.28. The van der Waals surface area contributed by atoms with Crippen LogP contribution in [0.5, 0.6) is 0 Å². The second kappa shape index (κ2) is 10.5. The van der Waals surface area contributed by atoms with Crippen molar-refractivity contribution in [2.45, 2.75) is 13.3 Å². The fourth-order valence-corrected chi connectivity index (χ4v) is 4.02. The van der Waals surface area contributed by atoms with Crippen molar-refractivity contribution in [3.8, 4) is 0 Å². The number of anilines is 3. The van der Waals surface area contributed by atoms with Gasteiger partial charge in [-0.25, -0.2) is 14.7 Å². The van der Waals surface area contributed by atoms with Crippen molar-refractivity contribution >= 4 is 63.1 Å². The summed E-state index contributed by atoms with van der Waals surface area (Å²) >= 11 is 7.51. The second-order valence-electron chi connectivity index (χ2n) is 7.28. The minimum atomic E-state index is -0.785. The molecule has 1 aliphatic rings. The van der Waals surface area contributed by atoms with Crippen molar-refractivity contribution in [3.63, 3.8) is 0 Å². The molecule has 4 rings (SSSR count). The van der Waals surface area contributed by atoms with Gasteiger partial charge in [-0.1, -0.05) is 36.7 Å². The number of halogens is 1. The lowest BCUT2D eigenvalue weighted by atomic mass is 10.1. The zero-order valence-corrected chi connectivity index (χ0v) is 20.0. The molecule has 0 unspecified atom stereocenters. The summed E-state index contributed by atoms with van der Waals surface area (Å²) in [5, 5.41) is 7.35. The number of para-hydroxylation sites is 1. The van der Waals surface area contributed by atoms with Gasteiger partial charge in [0.1, 0.15) is 10.7 Å². The molecule has 0 spiro atoms. The summed E-state index contributed by atoms with van der Waals surface area (Å²) in [4.78, 5) is 56.0. The summed E-state index contributed by atoms with van der Waals surface area (Å²) in [7, 11) is 0. The van der Waals surface area contributed by atoms with E-state index >= 15 is 0 Å². The number of carbonyl (C=O) groups is 4. The van der Waals surface area contributed by atoms with Gasteiger partial charge in [-0.3, -0.25) is 19.7 Å². The number of rotatable bonds is 8. The summed E-state index contributed by atoms with van der Waals surface area (Å²) < 4.78 is 5.18. The van der Waals surface area contributed by atoms with Gasteiger partial charge in [-0.2, -0.15) is 0 Å². The summed E-state index contributed by atoms with van der Waals surface area (Å²) in [5.74, 6) is -2.57. The lowest BCUT2D eigenvalue weighted by molar-refractivity contribution is -0.120. The number of aromatic nitrogens is 1. The molecule has 9 nitrogen and oxygen atoms in total. The Bertz CT molecular complexity index is 1340. The summed E-state index contributed by atoms with van der Waals surface area (Å²) in [5.41, 5.74) is 0.623. The maximum Gasteiger partial charge on any atom is 0.340 e. The maximum absolute atomic E-state index is 13.2. The van der Waals surface area contributed by atoms with Crippen LogP contribution in [-0.2, 0) is 14.3 Å².